The molecule has 0 atom stereocenters. The summed E-state index contributed by atoms with van der Waals surface area (Å²) in [5, 5.41) is 19.9. The Labute approximate surface area is 150 Å². The highest BCUT2D eigenvalue weighted by Gasteiger charge is 2.24. The first-order valence-corrected chi connectivity index (χ1v) is 7.11. The second kappa shape index (κ2) is 9.58. The van der Waals surface area contributed by atoms with Crippen LogP contribution in [-0.4, -0.2) is 38.5 Å². The smallest absolute Gasteiger partial charge is 0.324 e. The molecule has 0 saturated heterocycles. The molecule has 2 aromatic rings. The van der Waals surface area contributed by atoms with Crippen LogP contribution in [0.25, 0.3) is 4.85 Å². The van der Waals surface area contributed by atoms with E-state index in [9.17, 15) is 10.1 Å². The van der Waals surface area contributed by atoms with Crippen LogP contribution >= 0.6 is 0 Å². The molecule has 2 aromatic carbocycles. The van der Waals surface area contributed by atoms with E-state index < -0.39 is 4.92 Å². The highest BCUT2D eigenvalue weighted by molar-refractivity contribution is 5.73. The zero-order valence-corrected chi connectivity index (χ0v) is 14.7. The van der Waals surface area contributed by atoms with Gasteiger partial charge in [0.1, 0.15) is 5.75 Å². The lowest BCUT2D eigenvalue weighted by Gasteiger charge is -2.08. The van der Waals surface area contributed by atoms with Gasteiger partial charge in [0.05, 0.1) is 39.9 Å². The number of hydrogen-bond donors (Lipinski definition) is 1. The maximum Gasteiger partial charge on any atom is 0.324 e. The summed E-state index contributed by atoms with van der Waals surface area (Å²) in [4.78, 5) is 13.1. The monoisotopic (exact) mass is 362 g/mol. The number of aromatic hydroxyl groups is 1. The summed E-state index contributed by atoms with van der Waals surface area (Å²) in [6.07, 6.45) is 0. The van der Waals surface area contributed by atoms with Gasteiger partial charge < -0.3 is 24.1 Å². The number of nitro groups is 1. The Morgan fingerprint density at radius 1 is 1.00 bits per heavy atom. The van der Waals surface area contributed by atoms with Crippen molar-refractivity contribution in [1.82, 2.24) is 0 Å². The second-order valence-electron chi connectivity index (χ2n) is 4.58. The molecule has 9 nitrogen and oxygen atoms in total. The highest BCUT2D eigenvalue weighted by Crippen LogP contribution is 2.43. The molecule has 0 aliphatic heterocycles. The van der Waals surface area contributed by atoms with Crippen molar-refractivity contribution in [2.45, 2.75) is 0 Å². The molecule has 0 fully saturated rings. The van der Waals surface area contributed by atoms with E-state index in [0.717, 1.165) is 0 Å². The van der Waals surface area contributed by atoms with Crippen LogP contribution in [0.15, 0.2) is 30.3 Å². The average molecular weight is 362 g/mol. The summed E-state index contributed by atoms with van der Waals surface area (Å²) in [7, 11) is 5.72. The normalized spacial score (nSPS) is 9.19. The van der Waals surface area contributed by atoms with Crippen molar-refractivity contribution in [1.29, 1.82) is 0 Å². The maximum absolute atomic E-state index is 10.8. The van der Waals surface area contributed by atoms with Gasteiger partial charge in [-0.2, -0.15) is 0 Å². The summed E-state index contributed by atoms with van der Waals surface area (Å²) < 4.78 is 19.5. The molecule has 0 aliphatic rings. The molecule has 2 rings (SSSR count). The second-order valence-corrected chi connectivity index (χ2v) is 4.58. The van der Waals surface area contributed by atoms with Crippen LogP contribution in [-0.2, 0) is 0 Å². The van der Waals surface area contributed by atoms with Crippen molar-refractivity contribution in [2.75, 3.05) is 28.4 Å². The first-order chi connectivity index (χ1) is 12.4. The Kier molecular flexibility index (Phi) is 7.51. The van der Waals surface area contributed by atoms with Gasteiger partial charge in [-0.15, -0.1) is 0 Å². The van der Waals surface area contributed by atoms with Crippen LogP contribution in [0.2, 0.25) is 0 Å². The van der Waals surface area contributed by atoms with Gasteiger partial charge in [0.2, 0.25) is 5.75 Å². The quantitative estimate of drug-likeness (QED) is 0.492. The topological polar surface area (TPSA) is 105 Å². The van der Waals surface area contributed by atoms with Gasteiger partial charge in [-0.25, -0.2) is 4.85 Å². The summed E-state index contributed by atoms with van der Waals surface area (Å²) in [5.74, 6) is 1.41. The molecule has 138 valence electrons. The standard InChI is InChI=1S/C9H8N2O4.C8H10O3/c1-10-6-4-5-7(14-2)9(15-3)8(6)11(12)13;1-10-6-3-4-7(9)8(5-6)11-2/h4-5H,2-3H3;3-5,9H,1-2H3. The van der Waals surface area contributed by atoms with Crippen molar-refractivity contribution < 1.29 is 29.0 Å². The molecule has 0 amide bonds. The van der Waals surface area contributed by atoms with E-state index in [1.807, 2.05) is 0 Å². The minimum Gasteiger partial charge on any atom is -0.504 e. The summed E-state index contributed by atoms with van der Waals surface area (Å²) in [6, 6.07) is 7.59. The number of methoxy groups -OCH3 is 4. The minimum absolute atomic E-state index is 0.0315. The van der Waals surface area contributed by atoms with Gasteiger partial charge in [-0.05, 0) is 24.3 Å². The molecular weight excluding hydrogens is 344 g/mol. The Morgan fingerprint density at radius 2 is 1.65 bits per heavy atom. The fraction of sp³-hybridized carbons (Fsp3) is 0.235. The van der Waals surface area contributed by atoms with Crippen LogP contribution in [0.4, 0.5) is 11.4 Å². The van der Waals surface area contributed by atoms with Gasteiger partial charge in [0, 0.05) is 6.07 Å². The van der Waals surface area contributed by atoms with E-state index in [4.69, 9.17) is 30.6 Å². The molecule has 0 aromatic heterocycles. The lowest BCUT2D eigenvalue weighted by atomic mass is 10.2. The zero-order chi connectivity index (χ0) is 19.7. The molecule has 0 spiro atoms. The van der Waals surface area contributed by atoms with Crippen molar-refractivity contribution in [3.05, 3.63) is 51.9 Å². The zero-order valence-electron chi connectivity index (χ0n) is 14.7. The fourth-order valence-corrected chi connectivity index (χ4v) is 1.95. The van der Waals surface area contributed by atoms with Crippen LogP contribution in [0.5, 0.6) is 28.7 Å². The molecule has 0 aliphatic carbocycles. The first kappa shape index (κ1) is 20.4. The van der Waals surface area contributed by atoms with E-state index >= 15 is 0 Å². The predicted molar refractivity (Wildman–Crippen MR) is 93.7 cm³/mol. The van der Waals surface area contributed by atoms with Crippen molar-refractivity contribution in [3.63, 3.8) is 0 Å². The van der Waals surface area contributed by atoms with Crippen LogP contribution < -0.4 is 18.9 Å². The van der Waals surface area contributed by atoms with Crippen molar-refractivity contribution in [3.8, 4) is 28.7 Å². The number of rotatable bonds is 5. The number of benzene rings is 2. The molecule has 26 heavy (non-hydrogen) atoms. The highest BCUT2D eigenvalue weighted by atomic mass is 16.6. The van der Waals surface area contributed by atoms with E-state index in [1.165, 1.54) is 39.5 Å². The molecule has 0 heterocycles. The third-order valence-electron chi connectivity index (χ3n) is 3.19. The molecule has 0 radical (unpaired) electrons. The maximum atomic E-state index is 10.8. The van der Waals surface area contributed by atoms with E-state index in [-0.39, 0.29) is 28.6 Å². The number of phenolic OH excluding ortho intramolecular Hbond substituents is 1. The Bertz CT molecular complexity index is 815. The molecule has 0 unspecified atom stereocenters. The summed E-state index contributed by atoms with van der Waals surface area (Å²) >= 11 is 0. The average Bonchev–Trinajstić information content (AvgIpc) is 2.67. The van der Waals surface area contributed by atoms with Gasteiger partial charge in [-0.3, -0.25) is 10.1 Å². The number of nitrogens with zero attached hydrogens (tertiary/aromatic N) is 2. The predicted octanol–water partition coefficient (Wildman–Crippen LogP) is 3.57. The van der Waals surface area contributed by atoms with Gasteiger partial charge in [0.25, 0.3) is 5.69 Å². The van der Waals surface area contributed by atoms with E-state index in [2.05, 4.69) is 4.85 Å². The lowest BCUT2D eigenvalue weighted by molar-refractivity contribution is -0.384. The number of ether oxygens (including phenoxy) is 4. The van der Waals surface area contributed by atoms with E-state index in [0.29, 0.717) is 11.5 Å². The summed E-state index contributed by atoms with van der Waals surface area (Å²) in [5.41, 5.74) is -0.440. The molecule has 0 saturated carbocycles. The first-order valence-electron chi connectivity index (χ1n) is 7.11. The largest absolute Gasteiger partial charge is 0.504 e. The van der Waals surface area contributed by atoms with Crippen LogP contribution in [0.1, 0.15) is 0 Å². The minimum atomic E-state index is -0.658. The molecule has 1 N–H and O–H groups in total. The van der Waals surface area contributed by atoms with Crippen molar-refractivity contribution in [2.24, 2.45) is 0 Å². The number of phenols is 1. The lowest BCUT2D eigenvalue weighted by Crippen LogP contribution is -1.96. The molecule has 0 bridgehead atoms. The Balaban J connectivity index is 0.000000273. The van der Waals surface area contributed by atoms with Crippen molar-refractivity contribution >= 4 is 11.4 Å². The number of nitro benzene ring substituents is 1. The van der Waals surface area contributed by atoms with Gasteiger partial charge in [-0.1, -0.05) is 0 Å². The third kappa shape index (κ3) is 4.67. The van der Waals surface area contributed by atoms with Crippen LogP contribution in [0.3, 0.4) is 0 Å². The molecule has 9 heteroatoms. The van der Waals surface area contributed by atoms with Gasteiger partial charge >= 0.3 is 5.69 Å². The fourth-order valence-electron chi connectivity index (χ4n) is 1.95. The SMILES string of the molecule is COc1ccc(O)c(OC)c1.[C-]#[N+]c1ccc(OC)c(OC)c1[N+](=O)[O-]. The Hall–Kier alpha value is -3.67. The Morgan fingerprint density at radius 3 is 2.12 bits per heavy atom. The number of hydrogen-bond acceptors (Lipinski definition) is 7. The molecular formula is C17H18N2O7. The van der Waals surface area contributed by atoms with Crippen LogP contribution in [0, 0.1) is 16.7 Å². The van der Waals surface area contributed by atoms with E-state index in [1.54, 1.807) is 19.2 Å². The van der Waals surface area contributed by atoms with Gasteiger partial charge in [0.15, 0.2) is 17.2 Å². The summed E-state index contributed by atoms with van der Waals surface area (Å²) in [6.45, 7) is 6.80. The third-order valence-corrected chi connectivity index (χ3v) is 3.19.